The third-order valence-corrected chi connectivity index (χ3v) is 3.11. The molecule has 0 fully saturated rings. The lowest BCUT2D eigenvalue weighted by Gasteiger charge is -1.98. The first kappa shape index (κ1) is 12.6. The number of aromatic nitrogens is 3. The highest BCUT2D eigenvalue weighted by Crippen LogP contribution is 2.20. The predicted octanol–water partition coefficient (Wildman–Crippen LogP) is 3.40. The molecule has 3 rings (SSSR count). The van der Waals surface area contributed by atoms with Crippen molar-refractivity contribution in [3.63, 3.8) is 0 Å². The fraction of sp³-hybridized carbons (Fsp3) is 0. The molecule has 5 heteroatoms. The monoisotopic (exact) mass is 283 g/mol. The number of carbonyl (C=O) groups excluding carboxylic acids is 1. The summed E-state index contributed by atoms with van der Waals surface area (Å²) in [6, 6.07) is 16.6. The minimum absolute atomic E-state index is 0.311. The Labute approximate surface area is 120 Å². The van der Waals surface area contributed by atoms with Crippen molar-refractivity contribution < 1.29 is 4.79 Å². The third kappa shape index (κ3) is 2.33. The van der Waals surface area contributed by atoms with E-state index in [2.05, 4.69) is 10.2 Å². The highest BCUT2D eigenvalue weighted by atomic mass is 35.5. The smallest absolute Gasteiger partial charge is 0.172 e. The fourth-order valence-electron chi connectivity index (χ4n) is 1.89. The lowest BCUT2D eigenvalue weighted by molar-refractivity contribution is 0.111. The van der Waals surface area contributed by atoms with E-state index < -0.39 is 0 Å². The zero-order chi connectivity index (χ0) is 13.9. The highest BCUT2D eigenvalue weighted by molar-refractivity contribution is 6.30. The van der Waals surface area contributed by atoms with Crippen LogP contribution in [0.1, 0.15) is 10.5 Å². The van der Waals surface area contributed by atoms with E-state index in [1.807, 2.05) is 30.3 Å². The van der Waals surface area contributed by atoms with E-state index in [1.54, 1.807) is 24.3 Å². The average Bonchev–Trinajstić information content (AvgIpc) is 2.93. The van der Waals surface area contributed by atoms with Crippen molar-refractivity contribution in [3.8, 4) is 16.9 Å². The molecule has 0 N–H and O–H groups in total. The zero-order valence-corrected chi connectivity index (χ0v) is 11.2. The molecule has 1 aromatic heterocycles. The summed E-state index contributed by atoms with van der Waals surface area (Å²) in [5.74, 6) is 0. The Morgan fingerprint density at radius 2 is 1.65 bits per heavy atom. The van der Waals surface area contributed by atoms with Gasteiger partial charge >= 0.3 is 0 Å². The van der Waals surface area contributed by atoms with Crippen molar-refractivity contribution in [1.29, 1.82) is 0 Å². The van der Waals surface area contributed by atoms with Crippen LogP contribution in [0.4, 0.5) is 0 Å². The van der Waals surface area contributed by atoms with Crippen molar-refractivity contribution in [2.24, 2.45) is 0 Å². The van der Waals surface area contributed by atoms with E-state index in [0.29, 0.717) is 22.7 Å². The number of hydrogen-bond acceptors (Lipinski definition) is 3. The molecule has 0 spiro atoms. The maximum absolute atomic E-state index is 11.2. The first-order valence-electron chi connectivity index (χ1n) is 6.02. The van der Waals surface area contributed by atoms with Gasteiger partial charge in [-0.3, -0.25) is 4.79 Å². The average molecular weight is 284 g/mol. The fourth-order valence-corrected chi connectivity index (χ4v) is 2.01. The van der Waals surface area contributed by atoms with Crippen LogP contribution in [0.3, 0.4) is 0 Å². The van der Waals surface area contributed by atoms with Gasteiger partial charge in [0.25, 0.3) is 0 Å². The van der Waals surface area contributed by atoms with Crippen LogP contribution < -0.4 is 0 Å². The van der Waals surface area contributed by atoms with Crippen LogP contribution in [0, 0.1) is 0 Å². The minimum atomic E-state index is 0.311. The summed E-state index contributed by atoms with van der Waals surface area (Å²) in [5, 5.41) is 9.22. The van der Waals surface area contributed by atoms with Crippen LogP contribution >= 0.6 is 11.6 Å². The predicted molar refractivity (Wildman–Crippen MR) is 77.2 cm³/mol. The van der Waals surface area contributed by atoms with Gasteiger partial charge in [0.05, 0.1) is 5.69 Å². The summed E-state index contributed by atoms with van der Waals surface area (Å²) >= 11 is 5.85. The van der Waals surface area contributed by atoms with Gasteiger partial charge in [0, 0.05) is 10.6 Å². The molecule has 0 unspecified atom stereocenters. The lowest BCUT2D eigenvalue weighted by Crippen LogP contribution is -1.98. The standard InChI is InChI=1S/C15H10ClN3O/c16-12-6-8-13(9-7-12)19-17-14(10-20)15(18-19)11-4-2-1-3-5-11/h1-10H. The van der Waals surface area contributed by atoms with E-state index in [-0.39, 0.29) is 0 Å². The van der Waals surface area contributed by atoms with E-state index in [1.165, 1.54) is 4.80 Å². The van der Waals surface area contributed by atoms with Crippen molar-refractivity contribution in [2.45, 2.75) is 0 Å². The molecule has 1 heterocycles. The highest BCUT2D eigenvalue weighted by Gasteiger charge is 2.13. The second kappa shape index (κ2) is 5.27. The molecule has 0 atom stereocenters. The van der Waals surface area contributed by atoms with Gasteiger partial charge < -0.3 is 0 Å². The van der Waals surface area contributed by atoms with Gasteiger partial charge in [-0.25, -0.2) is 0 Å². The molecule has 4 nitrogen and oxygen atoms in total. The summed E-state index contributed by atoms with van der Waals surface area (Å²) < 4.78 is 0. The quantitative estimate of drug-likeness (QED) is 0.692. The van der Waals surface area contributed by atoms with E-state index in [0.717, 1.165) is 11.3 Å². The molecular weight excluding hydrogens is 274 g/mol. The van der Waals surface area contributed by atoms with Crippen LogP contribution in [-0.2, 0) is 0 Å². The number of nitrogens with zero attached hydrogens (tertiary/aromatic N) is 3. The molecule has 0 bridgehead atoms. The number of rotatable bonds is 3. The van der Waals surface area contributed by atoms with Crippen molar-refractivity contribution in [1.82, 2.24) is 15.0 Å². The SMILES string of the molecule is O=Cc1nn(-c2ccc(Cl)cc2)nc1-c1ccccc1. The molecule has 3 aromatic rings. The molecule has 0 aliphatic carbocycles. The molecular formula is C15H10ClN3O. The second-order valence-electron chi connectivity index (χ2n) is 4.18. The summed E-state index contributed by atoms with van der Waals surface area (Å²) in [5.41, 5.74) is 2.48. The molecule has 0 amide bonds. The lowest BCUT2D eigenvalue weighted by atomic mass is 10.1. The van der Waals surface area contributed by atoms with Crippen LogP contribution in [-0.4, -0.2) is 21.3 Å². The van der Waals surface area contributed by atoms with Gasteiger partial charge in [-0.15, -0.1) is 10.2 Å². The maximum Gasteiger partial charge on any atom is 0.172 e. The Morgan fingerprint density at radius 3 is 2.30 bits per heavy atom. The Kier molecular flexibility index (Phi) is 3.31. The number of aldehydes is 1. The largest absolute Gasteiger partial charge is 0.296 e. The van der Waals surface area contributed by atoms with Gasteiger partial charge in [-0.1, -0.05) is 41.9 Å². The Bertz CT molecular complexity index is 736. The van der Waals surface area contributed by atoms with Crippen LogP contribution in [0.2, 0.25) is 5.02 Å². The van der Waals surface area contributed by atoms with E-state index in [4.69, 9.17) is 11.6 Å². The number of hydrogen-bond donors (Lipinski definition) is 0. The van der Waals surface area contributed by atoms with Gasteiger partial charge in [0.2, 0.25) is 0 Å². The third-order valence-electron chi connectivity index (χ3n) is 2.86. The second-order valence-corrected chi connectivity index (χ2v) is 4.62. The number of halogens is 1. The van der Waals surface area contributed by atoms with E-state index >= 15 is 0 Å². The number of carbonyl (C=O) groups is 1. The summed E-state index contributed by atoms with van der Waals surface area (Å²) in [6.07, 6.45) is 0.710. The molecule has 98 valence electrons. The summed E-state index contributed by atoms with van der Waals surface area (Å²) in [6.45, 7) is 0. The van der Waals surface area contributed by atoms with Crippen LogP contribution in [0.25, 0.3) is 16.9 Å². The van der Waals surface area contributed by atoms with Gasteiger partial charge in [0.1, 0.15) is 5.69 Å². The van der Waals surface area contributed by atoms with Gasteiger partial charge in [-0.2, -0.15) is 4.80 Å². The van der Waals surface area contributed by atoms with Gasteiger partial charge in [-0.05, 0) is 24.3 Å². The molecule has 20 heavy (non-hydrogen) atoms. The van der Waals surface area contributed by atoms with Crippen LogP contribution in [0.5, 0.6) is 0 Å². The molecule has 2 aromatic carbocycles. The Balaban J connectivity index is 2.09. The summed E-state index contributed by atoms with van der Waals surface area (Å²) in [7, 11) is 0. The molecule has 0 aliphatic rings. The van der Waals surface area contributed by atoms with Crippen molar-refractivity contribution in [2.75, 3.05) is 0 Å². The molecule has 0 radical (unpaired) electrons. The molecule has 0 saturated carbocycles. The van der Waals surface area contributed by atoms with Crippen molar-refractivity contribution in [3.05, 3.63) is 65.3 Å². The molecule has 0 aliphatic heterocycles. The number of benzene rings is 2. The Morgan fingerprint density at radius 1 is 0.950 bits per heavy atom. The normalized spacial score (nSPS) is 10.4. The zero-order valence-electron chi connectivity index (χ0n) is 10.4. The molecule has 0 saturated heterocycles. The Hall–Kier alpha value is -2.46. The first-order chi connectivity index (χ1) is 9.78. The van der Waals surface area contributed by atoms with Crippen LogP contribution in [0.15, 0.2) is 54.6 Å². The maximum atomic E-state index is 11.2. The minimum Gasteiger partial charge on any atom is -0.296 e. The van der Waals surface area contributed by atoms with Crippen molar-refractivity contribution >= 4 is 17.9 Å². The first-order valence-corrected chi connectivity index (χ1v) is 6.39. The van der Waals surface area contributed by atoms with E-state index in [9.17, 15) is 4.79 Å². The topological polar surface area (TPSA) is 47.8 Å². The van der Waals surface area contributed by atoms with Gasteiger partial charge in [0.15, 0.2) is 12.0 Å². The summed E-state index contributed by atoms with van der Waals surface area (Å²) in [4.78, 5) is 12.6.